The van der Waals surface area contributed by atoms with Crippen LogP contribution in [0.3, 0.4) is 0 Å². The van der Waals surface area contributed by atoms with E-state index in [0.717, 1.165) is 25.3 Å². The second kappa shape index (κ2) is 7.91. The van der Waals surface area contributed by atoms with Crippen molar-refractivity contribution in [2.45, 2.75) is 46.5 Å². The minimum absolute atomic E-state index is 0.227. The van der Waals surface area contributed by atoms with Crippen molar-refractivity contribution in [1.29, 1.82) is 0 Å². The number of carboxylic acids is 1. The SMILES string of the molecule is CCCC[C@@H](C)CC(=CC(=O)O)NC(C)=O. The molecule has 0 aromatic heterocycles. The van der Waals surface area contributed by atoms with Gasteiger partial charge in [-0.1, -0.05) is 33.1 Å². The molecule has 0 spiro atoms. The fraction of sp³-hybridized carbons (Fsp3) is 0.667. The lowest BCUT2D eigenvalue weighted by molar-refractivity contribution is -0.131. The van der Waals surface area contributed by atoms with Crippen molar-refractivity contribution in [1.82, 2.24) is 5.32 Å². The van der Waals surface area contributed by atoms with Crippen molar-refractivity contribution in [3.8, 4) is 0 Å². The Kier molecular flexibility index (Phi) is 7.25. The normalized spacial score (nSPS) is 13.3. The molecule has 0 aromatic carbocycles. The summed E-state index contributed by atoms with van der Waals surface area (Å²) in [6.07, 6.45) is 4.98. The van der Waals surface area contributed by atoms with Crippen molar-refractivity contribution >= 4 is 11.9 Å². The molecule has 16 heavy (non-hydrogen) atoms. The zero-order chi connectivity index (χ0) is 12.6. The first-order valence-corrected chi connectivity index (χ1v) is 5.66. The Morgan fingerprint density at radius 2 is 2.06 bits per heavy atom. The molecule has 1 atom stereocenters. The van der Waals surface area contributed by atoms with Crippen LogP contribution >= 0.6 is 0 Å². The molecule has 1 amide bonds. The van der Waals surface area contributed by atoms with Crippen LogP contribution in [0.1, 0.15) is 46.5 Å². The second-order valence-corrected chi connectivity index (χ2v) is 4.14. The van der Waals surface area contributed by atoms with E-state index in [1.54, 1.807) is 0 Å². The van der Waals surface area contributed by atoms with Crippen LogP contribution in [-0.2, 0) is 9.59 Å². The number of carboxylic acid groups (broad SMARTS) is 1. The van der Waals surface area contributed by atoms with Crippen molar-refractivity contribution in [2.24, 2.45) is 5.92 Å². The van der Waals surface area contributed by atoms with Crippen LogP contribution < -0.4 is 5.32 Å². The molecule has 0 aromatic rings. The average Bonchev–Trinajstić information content (AvgIpc) is 2.12. The molecular weight excluding hydrogens is 206 g/mol. The van der Waals surface area contributed by atoms with Gasteiger partial charge in [-0.2, -0.15) is 0 Å². The van der Waals surface area contributed by atoms with Gasteiger partial charge in [-0.3, -0.25) is 4.79 Å². The molecule has 4 nitrogen and oxygen atoms in total. The van der Waals surface area contributed by atoms with Crippen molar-refractivity contribution < 1.29 is 14.7 Å². The van der Waals surface area contributed by atoms with Gasteiger partial charge < -0.3 is 10.4 Å². The van der Waals surface area contributed by atoms with Crippen LogP contribution in [0, 0.1) is 5.92 Å². The maximum Gasteiger partial charge on any atom is 0.330 e. The number of hydrogen-bond acceptors (Lipinski definition) is 2. The summed E-state index contributed by atoms with van der Waals surface area (Å²) in [6.45, 7) is 5.56. The number of aliphatic carboxylic acids is 1. The van der Waals surface area contributed by atoms with Gasteiger partial charge in [0.05, 0.1) is 0 Å². The quantitative estimate of drug-likeness (QED) is 0.656. The Morgan fingerprint density at radius 3 is 2.50 bits per heavy atom. The Balaban J connectivity index is 4.31. The molecule has 0 aliphatic heterocycles. The Bertz CT molecular complexity index is 271. The van der Waals surface area contributed by atoms with Crippen LogP contribution in [0.25, 0.3) is 0 Å². The number of allylic oxidation sites excluding steroid dienone is 1. The monoisotopic (exact) mass is 227 g/mol. The molecule has 4 heteroatoms. The summed E-state index contributed by atoms with van der Waals surface area (Å²) < 4.78 is 0. The molecule has 0 saturated carbocycles. The lowest BCUT2D eigenvalue weighted by atomic mass is 9.98. The highest BCUT2D eigenvalue weighted by atomic mass is 16.4. The van der Waals surface area contributed by atoms with E-state index in [1.165, 1.54) is 6.92 Å². The highest BCUT2D eigenvalue weighted by Gasteiger charge is 2.08. The largest absolute Gasteiger partial charge is 0.478 e. The molecule has 0 aliphatic carbocycles. The Morgan fingerprint density at radius 1 is 1.44 bits per heavy atom. The highest BCUT2D eigenvalue weighted by Crippen LogP contribution is 2.15. The highest BCUT2D eigenvalue weighted by molar-refractivity contribution is 5.82. The molecule has 0 saturated heterocycles. The average molecular weight is 227 g/mol. The minimum Gasteiger partial charge on any atom is -0.478 e. The first-order chi connectivity index (χ1) is 7.45. The van der Waals surface area contributed by atoms with Gasteiger partial charge in [0.25, 0.3) is 0 Å². The maximum atomic E-state index is 10.9. The lowest BCUT2D eigenvalue weighted by Crippen LogP contribution is -2.21. The van der Waals surface area contributed by atoms with E-state index in [9.17, 15) is 9.59 Å². The van der Waals surface area contributed by atoms with E-state index in [-0.39, 0.29) is 5.91 Å². The van der Waals surface area contributed by atoms with Gasteiger partial charge in [0, 0.05) is 18.7 Å². The van der Waals surface area contributed by atoms with Crippen LogP contribution in [0.4, 0.5) is 0 Å². The van der Waals surface area contributed by atoms with Gasteiger partial charge >= 0.3 is 5.97 Å². The van der Waals surface area contributed by atoms with Crippen LogP contribution in [-0.4, -0.2) is 17.0 Å². The first-order valence-electron chi connectivity index (χ1n) is 5.66. The number of carbonyl (C=O) groups is 2. The molecule has 0 heterocycles. The van der Waals surface area contributed by atoms with Gasteiger partial charge in [0.15, 0.2) is 0 Å². The van der Waals surface area contributed by atoms with Gasteiger partial charge in [0.1, 0.15) is 0 Å². The summed E-state index contributed by atoms with van der Waals surface area (Å²) in [5.41, 5.74) is 0.489. The first kappa shape index (κ1) is 14.7. The minimum atomic E-state index is -1.02. The number of unbranched alkanes of at least 4 members (excludes halogenated alkanes) is 1. The number of amides is 1. The van der Waals surface area contributed by atoms with Crippen molar-refractivity contribution in [2.75, 3.05) is 0 Å². The predicted octanol–water partition coefficient (Wildman–Crippen LogP) is 2.31. The molecule has 0 fully saturated rings. The molecular formula is C12H21NO3. The van der Waals surface area contributed by atoms with Gasteiger partial charge in [0.2, 0.25) is 5.91 Å². The molecule has 0 aliphatic rings. The third-order valence-corrected chi connectivity index (χ3v) is 2.25. The fourth-order valence-corrected chi connectivity index (χ4v) is 1.55. The summed E-state index contributed by atoms with van der Waals surface area (Å²) in [6, 6.07) is 0. The number of hydrogen-bond donors (Lipinski definition) is 2. The molecule has 0 bridgehead atoms. The molecule has 0 rings (SSSR count). The third kappa shape index (κ3) is 8.03. The van der Waals surface area contributed by atoms with Gasteiger partial charge in [-0.25, -0.2) is 4.79 Å². The third-order valence-electron chi connectivity index (χ3n) is 2.25. The Hall–Kier alpha value is -1.32. The fourth-order valence-electron chi connectivity index (χ4n) is 1.55. The summed E-state index contributed by atoms with van der Waals surface area (Å²) in [5.74, 6) is -0.862. The van der Waals surface area contributed by atoms with Crippen LogP contribution in [0.5, 0.6) is 0 Å². The van der Waals surface area contributed by atoms with E-state index >= 15 is 0 Å². The molecule has 0 unspecified atom stereocenters. The molecule has 2 N–H and O–H groups in total. The summed E-state index contributed by atoms with van der Waals surface area (Å²) in [5, 5.41) is 11.2. The molecule has 0 radical (unpaired) electrons. The zero-order valence-corrected chi connectivity index (χ0v) is 10.2. The lowest BCUT2D eigenvalue weighted by Gasteiger charge is -2.13. The number of rotatable bonds is 7. The van der Waals surface area contributed by atoms with E-state index < -0.39 is 5.97 Å². The van der Waals surface area contributed by atoms with Crippen molar-refractivity contribution in [3.63, 3.8) is 0 Å². The summed E-state index contributed by atoms with van der Waals surface area (Å²) >= 11 is 0. The van der Waals surface area contributed by atoms with E-state index in [0.29, 0.717) is 18.0 Å². The van der Waals surface area contributed by atoms with Gasteiger partial charge in [-0.15, -0.1) is 0 Å². The summed E-state index contributed by atoms with van der Waals surface area (Å²) in [4.78, 5) is 21.4. The Labute approximate surface area is 96.7 Å². The maximum absolute atomic E-state index is 10.9. The van der Waals surface area contributed by atoms with E-state index in [1.807, 2.05) is 0 Å². The van der Waals surface area contributed by atoms with E-state index in [2.05, 4.69) is 19.2 Å². The van der Waals surface area contributed by atoms with Crippen LogP contribution in [0.15, 0.2) is 11.8 Å². The predicted molar refractivity (Wildman–Crippen MR) is 62.8 cm³/mol. The van der Waals surface area contributed by atoms with Crippen molar-refractivity contribution in [3.05, 3.63) is 11.8 Å². The van der Waals surface area contributed by atoms with Gasteiger partial charge in [-0.05, 0) is 12.3 Å². The number of carbonyl (C=O) groups excluding carboxylic acids is 1. The molecule has 92 valence electrons. The van der Waals surface area contributed by atoms with Crippen LogP contribution in [0.2, 0.25) is 0 Å². The number of nitrogens with one attached hydrogen (secondary N) is 1. The standard InChI is InChI=1S/C12H21NO3/c1-4-5-6-9(2)7-11(8-12(15)16)13-10(3)14/h8-9H,4-7H2,1-3H3,(H,13,14)(H,15,16)/t9-/m1/s1. The second-order valence-electron chi connectivity index (χ2n) is 4.14. The smallest absolute Gasteiger partial charge is 0.330 e. The van der Waals surface area contributed by atoms with E-state index in [4.69, 9.17) is 5.11 Å². The summed E-state index contributed by atoms with van der Waals surface area (Å²) in [7, 11) is 0. The zero-order valence-electron chi connectivity index (χ0n) is 10.2. The topological polar surface area (TPSA) is 66.4 Å².